The Hall–Kier alpha value is -2.55. The van der Waals surface area contributed by atoms with Gasteiger partial charge in [0.25, 0.3) is 5.56 Å². The van der Waals surface area contributed by atoms with Gasteiger partial charge in [0.05, 0.1) is 6.54 Å². The van der Waals surface area contributed by atoms with Crippen molar-refractivity contribution in [3.8, 4) is 11.8 Å². The highest BCUT2D eigenvalue weighted by Gasteiger charge is 1.99. The third kappa shape index (κ3) is 3.49. The molecule has 94 valence electrons. The van der Waals surface area contributed by atoms with Crippen LogP contribution in [0.4, 0.5) is 0 Å². The molecule has 0 saturated carbocycles. The monoisotopic (exact) mass is 247 g/mol. The average molecular weight is 247 g/mol. The van der Waals surface area contributed by atoms with E-state index in [1.807, 2.05) is 0 Å². The van der Waals surface area contributed by atoms with Gasteiger partial charge in [-0.25, -0.2) is 4.79 Å². The van der Waals surface area contributed by atoms with E-state index in [1.165, 1.54) is 17.8 Å². The first kappa shape index (κ1) is 13.5. The van der Waals surface area contributed by atoms with Crippen molar-refractivity contribution in [3.05, 3.63) is 44.8 Å². The summed E-state index contributed by atoms with van der Waals surface area (Å²) in [5.41, 5.74) is -0.489. The maximum Gasteiger partial charge on any atom is 0.328 e. The highest BCUT2D eigenvalue weighted by molar-refractivity contribution is 5.92. The van der Waals surface area contributed by atoms with Gasteiger partial charge in [0.2, 0.25) is 5.91 Å². The van der Waals surface area contributed by atoms with E-state index in [0.717, 1.165) is 0 Å². The van der Waals surface area contributed by atoms with Crippen LogP contribution in [0, 0.1) is 11.8 Å². The van der Waals surface area contributed by atoms with E-state index in [2.05, 4.69) is 28.7 Å². The third-order valence-corrected chi connectivity index (χ3v) is 2.06. The predicted molar refractivity (Wildman–Crippen MR) is 67.0 cm³/mol. The highest BCUT2D eigenvalue weighted by atomic mass is 16.2. The normalized spacial score (nSPS) is 9.22. The molecule has 6 heteroatoms. The zero-order chi connectivity index (χ0) is 13.7. The number of aromatic amines is 1. The minimum absolute atomic E-state index is 0.105. The van der Waals surface area contributed by atoms with Crippen LogP contribution >= 0.6 is 0 Å². The van der Waals surface area contributed by atoms with E-state index in [0.29, 0.717) is 5.57 Å². The van der Waals surface area contributed by atoms with Crippen LogP contribution in [-0.2, 0) is 11.8 Å². The maximum absolute atomic E-state index is 11.4. The molecule has 1 aromatic rings. The number of H-pyrrole nitrogens is 1. The number of carbonyl (C=O) groups excluding carboxylic acids is 1. The van der Waals surface area contributed by atoms with Gasteiger partial charge in [-0.15, -0.1) is 0 Å². The summed E-state index contributed by atoms with van der Waals surface area (Å²) < 4.78 is 1.22. The highest BCUT2D eigenvalue weighted by Crippen LogP contribution is 1.84. The van der Waals surface area contributed by atoms with Crippen LogP contribution in [0.1, 0.15) is 12.5 Å². The van der Waals surface area contributed by atoms with Crippen LogP contribution in [0.15, 0.2) is 27.9 Å². The average Bonchev–Trinajstić information content (AvgIpc) is 2.30. The lowest BCUT2D eigenvalue weighted by Crippen LogP contribution is -2.29. The summed E-state index contributed by atoms with van der Waals surface area (Å²) in [6, 6.07) is 0. The molecule has 2 N–H and O–H groups in total. The summed E-state index contributed by atoms with van der Waals surface area (Å²) in [5.74, 6) is 4.90. The zero-order valence-electron chi connectivity index (χ0n) is 10.2. The molecule has 6 nitrogen and oxygen atoms in total. The second-order valence-corrected chi connectivity index (χ2v) is 3.68. The lowest BCUT2D eigenvalue weighted by Gasteiger charge is -1.98. The lowest BCUT2D eigenvalue weighted by atomic mass is 10.3. The molecule has 1 heterocycles. The molecule has 0 aliphatic carbocycles. The summed E-state index contributed by atoms with van der Waals surface area (Å²) in [5, 5.41) is 2.50. The van der Waals surface area contributed by atoms with Gasteiger partial charge < -0.3 is 9.88 Å². The number of nitrogens with one attached hydrogen (secondary N) is 2. The van der Waals surface area contributed by atoms with Gasteiger partial charge in [-0.3, -0.25) is 14.6 Å². The molecule has 18 heavy (non-hydrogen) atoms. The molecule has 1 rings (SSSR count). The third-order valence-electron chi connectivity index (χ3n) is 2.06. The Morgan fingerprint density at radius 1 is 1.56 bits per heavy atom. The second-order valence-electron chi connectivity index (χ2n) is 3.68. The molecule has 1 amide bonds. The van der Waals surface area contributed by atoms with Crippen molar-refractivity contribution >= 4 is 5.91 Å². The Morgan fingerprint density at radius 3 is 2.83 bits per heavy atom. The van der Waals surface area contributed by atoms with Gasteiger partial charge in [0, 0.05) is 18.8 Å². The number of nitrogens with zero attached hydrogens (tertiary/aromatic N) is 1. The van der Waals surface area contributed by atoms with Crippen molar-refractivity contribution in [2.45, 2.75) is 6.92 Å². The zero-order valence-corrected chi connectivity index (χ0v) is 10.2. The Balaban J connectivity index is 2.78. The summed E-state index contributed by atoms with van der Waals surface area (Å²) in [6.07, 6.45) is 1.34. The molecule has 0 spiro atoms. The number of aromatic nitrogens is 2. The van der Waals surface area contributed by atoms with E-state index >= 15 is 0 Å². The molecule has 0 aliphatic heterocycles. The van der Waals surface area contributed by atoms with E-state index in [4.69, 9.17) is 0 Å². The van der Waals surface area contributed by atoms with Gasteiger partial charge >= 0.3 is 5.69 Å². The molecule has 0 fully saturated rings. The number of hydrogen-bond donors (Lipinski definition) is 2. The smallest absolute Gasteiger partial charge is 0.328 e. The first-order valence-electron chi connectivity index (χ1n) is 5.14. The quantitative estimate of drug-likeness (QED) is 0.525. The van der Waals surface area contributed by atoms with Crippen molar-refractivity contribution in [1.82, 2.24) is 14.9 Å². The van der Waals surface area contributed by atoms with Crippen molar-refractivity contribution in [1.29, 1.82) is 0 Å². The van der Waals surface area contributed by atoms with E-state index < -0.39 is 11.2 Å². The van der Waals surface area contributed by atoms with Gasteiger partial charge in [-0.2, -0.15) is 0 Å². The van der Waals surface area contributed by atoms with Crippen LogP contribution in [-0.4, -0.2) is 22.0 Å². The number of rotatable bonds is 2. The van der Waals surface area contributed by atoms with Crippen LogP contribution in [0.5, 0.6) is 0 Å². The first-order valence-corrected chi connectivity index (χ1v) is 5.14. The number of aryl methyl sites for hydroxylation is 1. The van der Waals surface area contributed by atoms with Gasteiger partial charge in [0.1, 0.15) is 5.56 Å². The van der Waals surface area contributed by atoms with Crippen molar-refractivity contribution in [2.24, 2.45) is 7.05 Å². The standard InChI is InChI=1S/C12H13N3O3/c1-8(2)10(16)13-6-4-5-9-7-15(3)12(18)14-11(9)17/h7H,1,6H2,2-3H3,(H,13,16)(H,14,17,18). The molecular weight excluding hydrogens is 234 g/mol. The van der Waals surface area contributed by atoms with E-state index in [9.17, 15) is 14.4 Å². The van der Waals surface area contributed by atoms with Crippen LogP contribution in [0.25, 0.3) is 0 Å². The molecular formula is C12H13N3O3. The molecule has 0 aromatic carbocycles. The first-order chi connectivity index (χ1) is 8.41. The largest absolute Gasteiger partial charge is 0.341 e. The molecule has 1 aromatic heterocycles. The summed E-state index contributed by atoms with van der Waals surface area (Å²) in [6.45, 7) is 5.16. The van der Waals surface area contributed by atoms with E-state index in [1.54, 1.807) is 6.92 Å². The topological polar surface area (TPSA) is 84.0 Å². The Kier molecular flexibility index (Phi) is 4.27. The maximum atomic E-state index is 11.4. The molecule has 0 atom stereocenters. The second kappa shape index (κ2) is 5.68. The Labute approximate surface area is 103 Å². The summed E-state index contributed by atoms with van der Waals surface area (Å²) in [4.78, 5) is 35.7. The molecule has 0 saturated heterocycles. The van der Waals surface area contributed by atoms with E-state index in [-0.39, 0.29) is 18.0 Å². The number of hydrogen-bond acceptors (Lipinski definition) is 3. The Morgan fingerprint density at radius 2 is 2.22 bits per heavy atom. The minimum atomic E-state index is -0.545. The number of amides is 1. The van der Waals surface area contributed by atoms with Crippen LogP contribution < -0.4 is 16.6 Å². The minimum Gasteiger partial charge on any atom is -0.341 e. The van der Waals surface area contributed by atoms with Crippen molar-refractivity contribution in [3.63, 3.8) is 0 Å². The number of carbonyl (C=O) groups is 1. The molecule has 0 radical (unpaired) electrons. The lowest BCUT2D eigenvalue weighted by molar-refractivity contribution is -0.117. The molecule has 0 bridgehead atoms. The molecule has 0 unspecified atom stereocenters. The van der Waals surface area contributed by atoms with Gasteiger partial charge in [-0.1, -0.05) is 18.4 Å². The Bertz CT molecular complexity index is 656. The fraction of sp³-hybridized carbons (Fsp3) is 0.250. The van der Waals surface area contributed by atoms with Crippen molar-refractivity contribution in [2.75, 3.05) is 6.54 Å². The van der Waals surface area contributed by atoms with Gasteiger partial charge in [0.15, 0.2) is 0 Å². The SMILES string of the molecule is C=C(C)C(=O)NCC#Cc1cn(C)c(=O)[nH]c1=O. The van der Waals surface area contributed by atoms with Crippen LogP contribution in [0.3, 0.4) is 0 Å². The predicted octanol–water partition coefficient (Wildman–Crippen LogP) is -0.883. The summed E-state index contributed by atoms with van der Waals surface area (Å²) >= 11 is 0. The summed E-state index contributed by atoms with van der Waals surface area (Å²) in [7, 11) is 1.51. The fourth-order valence-corrected chi connectivity index (χ4v) is 1.07. The fourth-order valence-electron chi connectivity index (χ4n) is 1.07. The van der Waals surface area contributed by atoms with Crippen molar-refractivity contribution < 1.29 is 4.79 Å². The van der Waals surface area contributed by atoms with Crippen LogP contribution in [0.2, 0.25) is 0 Å². The van der Waals surface area contributed by atoms with Gasteiger partial charge in [-0.05, 0) is 6.92 Å². The molecule has 0 aliphatic rings.